The summed E-state index contributed by atoms with van der Waals surface area (Å²) in [5.41, 5.74) is 3.87. The van der Waals surface area contributed by atoms with Gasteiger partial charge in [-0.05, 0) is 52.9 Å². The molecule has 1 N–H and O–H groups in total. The Balaban J connectivity index is 2.83. The maximum absolute atomic E-state index is 10.2. The second-order valence-electron chi connectivity index (χ2n) is 5.94. The number of allylic oxidation sites excluding steroid dienone is 4. The largest absolute Gasteiger partial charge is 0.380 e. The van der Waals surface area contributed by atoms with Crippen molar-refractivity contribution in [2.45, 2.75) is 65.4 Å². The van der Waals surface area contributed by atoms with Crippen LogP contribution in [0.2, 0.25) is 0 Å². The summed E-state index contributed by atoms with van der Waals surface area (Å²) in [6.45, 7) is 10.4. The molecule has 0 radical (unpaired) electrons. The molecule has 20 heavy (non-hydrogen) atoms. The molecule has 2 atom stereocenters. The summed E-state index contributed by atoms with van der Waals surface area (Å²) < 4.78 is 0. The molecule has 0 aromatic carbocycles. The van der Waals surface area contributed by atoms with Gasteiger partial charge in [-0.3, -0.25) is 0 Å². The van der Waals surface area contributed by atoms with Crippen molar-refractivity contribution in [2.24, 2.45) is 5.92 Å². The molecule has 0 heterocycles. The molecule has 0 bridgehead atoms. The van der Waals surface area contributed by atoms with Crippen molar-refractivity contribution in [3.05, 3.63) is 35.5 Å². The van der Waals surface area contributed by atoms with Crippen LogP contribution in [0.1, 0.15) is 59.3 Å². The maximum Gasteiger partial charge on any atom is 0.121 e. The first kappa shape index (κ1) is 16.8. The Morgan fingerprint density at radius 2 is 1.85 bits per heavy atom. The highest BCUT2D eigenvalue weighted by atomic mass is 16.3. The van der Waals surface area contributed by atoms with Crippen molar-refractivity contribution in [3.63, 3.8) is 0 Å². The molecule has 0 unspecified atom stereocenters. The molecule has 0 saturated carbocycles. The molecule has 0 fully saturated rings. The summed E-state index contributed by atoms with van der Waals surface area (Å²) in [5, 5.41) is 10.2. The molecule has 1 rings (SSSR count). The van der Waals surface area contributed by atoms with Crippen molar-refractivity contribution in [1.29, 1.82) is 0 Å². The van der Waals surface area contributed by atoms with E-state index in [9.17, 15) is 5.11 Å². The summed E-state index contributed by atoms with van der Waals surface area (Å²) in [6.07, 6.45) is 10.0. The minimum atomic E-state index is -0.576. The molecular weight excluding hydrogens is 244 g/mol. The van der Waals surface area contributed by atoms with Gasteiger partial charge in [0.1, 0.15) is 6.10 Å². The first-order valence-corrected chi connectivity index (χ1v) is 7.64. The topological polar surface area (TPSA) is 20.2 Å². The monoisotopic (exact) mass is 272 g/mol. The zero-order valence-corrected chi connectivity index (χ0v) is 13.2. The molecule has 1 aliphatic rings. The van der Waals surface area contributed by atoms with Crippen LogP contribution in [0.15, 0.2) is 35.5 Å². The summed E-state index contributed by atoms with van der Waals surface area (Å²) >= 11 is 0. The summed E-state index contributed by atoms with van der Waals surface area (Å²) in [4.78, 5) is 0. The third-order valence-electron chi connectivity index (χ3n) is 3.91. The summed E-state index contributed by atoms with van der Waals surface area (Å²) in [5.74, 6) is 6.19. The van der Waals surface area contributed by atoms with E-state index < -0.39 is 6.10 Å². The molecule has 1 aliphatic carbocycles. The van der Waals surface area contributed by atoms with Crippen molar-refractivity contribution < 1.29 is 5.11 Å². The van der Waals surface area contributed by atoms with E-state index in [4.69, 9.17) is 0 Å². The first-order valence-electron chi connectivity index (χ1n) is 7.64. The lowest BCUT2D eigenvalue weighted by Crippen LogP contribution is -2.19. The molecule has 0 aliphatic heterocycles. The Kier molecular flexibility index (Phi) is 7.41. The normalized spacial score (nSPS) is 30.8. The second-order valence-corrected chi connectivity index (χ2v) is 5.94. The van der Waals surface area contributed by atoms with Gasteiger partial charge in [0.05, 0.1) is 0 Å². The van der Waals surface area contributed by atoms with Gasteiger partial charge >= 0.3 is 0 Å². The number of rotatable bonds is 1. The fraction of sp³-hybridized carbons (Fsp3) is 0.579. The lowest BCUT2D eigenvalue weighted by atomic mass is 9.89. The van der Waals surface area contributed by atoms with E-state index in [1.807, 2.05) is 6.92 Å². The van der Waals surface area contributed by atoms with Crippen molar-refractivity contribution in [2.75, 3.05) is 0 Å². The third kappa shape index (κ3) is 6.26. The van der Waals surface area contributed by atoms with Gasteiger partial charge in [-0.1, -0.05) is 41.4 Å². The zero-order valence-electron chi connectivity index (χ0n) is 13.2. The smallest absolute Gasteiger partial charge is 0.121 e. The van der Waals surface area contributed by atoms with Crippen molar-refractivity contribution in [3.8, 4) is 11.8 Å². The standard InChI is InChI=1S/C19H28O/c1-15(2)18-14-13-17(4)11-8-10-16(3)9-6-5-7-12-19(18)20/h9,11,18-20H,1,5-6,8,10,13-14H2,2-4H3/b16-9+,17-11+/t18-,19+/m1/s1. The van der Waals surface area contributed by atoms with E-state index in [0.717, 1.165) is 44.1 Å². The van der Waals surface area contributed by atoms with Gasteiger partial charge < -0.3 is 5.11 Å². The predicted molar refractivity (Wildman–Crippen MR) is 87.3 cm³/mol. The molecule has 1 heteroatoms. The van der Waals surface area contributed by atoms with Crippen LogP contribution in [0.3, 0.4) is 0 Å². The Morgan fingerprint density at radius 3 is 2.55 bits per heavy atom. The lowest BCUT2D eigenvalue weighted by molar-refractivity contribution is 0.175. The van der Waals surface area contributed by atoms with Crippen LogP contribution in [0.25, 0.3) is 0 Å². The van der Waals surface area contributed by atoms with Gasteiger partial charge in [0.15, 0.2) is 0 Å². The van der Waals surface area contributed by atoms with Gasteiger partial charge in [0, 0.05) is 12.3 Å². The highest BCUT2D eigenvalue weighted by molar-refractivity contribution is 5.15. The third-order valence-corrected chi connectivity index (χ3v) is 3.91. The van der Waals surface area contributed by atoms with Gasteiger partial charge in [-0.15, -0.1) is 5.92 Å². The van der Waals surface area contributed by atoms with Crippen LogP contribution in [0.5, 0.6) is 0 Å². The van der Waals surface area contributed by atoms with Crippen molar-refractivity contribution in [1.82, 2.24) is 0 Å². The summed E-state index contributed by atoms with van der Waals surface area (Å²) in [7, 11) is 0. The van der Waals surface area contributed by atoms with Gasteiger partial charge in [0.25, 0.3) is 0 Å². The van der Waals surface area contributed by atoms with Gasteiger partial charge in [0.2, 0.25) is 0 Å². The summed E-state index contributed by atoms with van der Waals surface area (Å²) in [6, 6.07) is 0. The Labute approximate surface area is 124 Å². The quantitative estimate of drug-likeness (QED) is 0.537. The van der Waals surface area contributed by atoms with Crippen LogP contribution < -0.4 is 0 Å². The Hall–Kier alpha value is -1.26. The maximum atomic E-state index is 10.2. The molecule has 0 aromatic heterocycles. The van der Waals surface area contributed by atoms with E-state index >= 15 is 0 Å². The van der Waals surface area contributed by atoms with Gasteiger partial charge in [-0.25, -0.2) is 0 Å². The SMILES string of the molecule is C=C(C)[C@H]1CC/C(C)=C/CC/C(C)=C/CCC#C[C@@H]1O. The fourth-order valence-corrected chi connectivity index (χ4v) is 2.48. The van der Waals surface area contributed by atoms with Gasteiger partial charge in [-0.2, -0.15) is 0 Å². The van der Waals surface area contributed by atoms with E-state index in [-0.39, 0.29) is 5.92 Å². The molecule has 0 amide bonds. The fourth-order valence-electron chi connectivity index (χ4n) is 2.48. The van der Waals surface area contributed by atoms with E-state index in [1.165, 1.54) is 11.1 Å². The lowest BCUT2D eigenvalue weighted by Gasteiger charge is -2.19. The van der Waals surface area contributed by atoms with E-state index in [0.29, 0.717) is 0 Å². The molecule has 1 nitrogen and oxygen atoms in total. The minimum Gasteiger partial charge on any atom is -0.380 e. The van der Waals surface area contributed by atoms with Crippen LogP contribution in [-0.2, 0) is 0 Å². The van der Waals surface area contributed by atoms with E-state index in [2.05, 4.69) is 44.4 Å². The number of aliphatic hydroxyl groups excluding tert-OH is 1. The zero-order chi connectivity index (χ0) is 15.0. The number of hydrogen-bond acceptors (Lipinski definition) is 1. The average molecular weight is 272 g/mol. The minimum absolute atomic E-state index is 0.0890. The Bertz CT molecular complexity index is 442. The van der Waals surface area contributed by atoms with Crippen molar-refractivity contribution >= 4 is 0 Å². The molecule has 110 valence electrons. The van der Waals surface area contributed by atoms with Crippen LogP contribution >= 0.6 is 0 Å². The van der Waals surface area contributed by atoms with E-state index in [1.54, 1.807) is 0 Å². The molecular formula is C19H28O. The second kappa shape index (κ2) is 8.82. The first-order chi connectivity index (χ1) is 9.50. The molecule has 0 saturated heterocycles. The number of hydrogen-bond donors (Lipinski definition) is 1. The highest BCUT2D eigenvalue weighted by Gasteiger charge is 2.17. The number of aliphatic hydroxyl groups is 1. The highest BCUT2D eigenvalue weighted by Crippen LogP contribution is 2.22. The molecule has 0 aromatic rings. The van der Waals surface area contributed by atoms with Crippen LogP contribution in [-0.4, -0.2) is 11.2 Å². The van der Waals surface area contributed by atoms with Crippen LogP contribution in [0, 0.1) is 17.8 Å². The predicted octanol–water partition coefficient (Wildman–Crippen LogP) is 4.79. The average Bonchev–Trinajstić information content (AvgIpc) is 2.37. The van der Waals surface area contributed by atoms with Crippen LogP contribution in [0.4, 0.5) is 0 Å². The molecule has 0 spiro atoms. The Morgan fingerprint density at radius 1 is 1.20 bits per heavy atom.